The first-order chi connectivity index (χ1) is 7.18. The van der Waals surface area contributed by atoms with Crippen LogP contribution in [-0.2, 0) is 0 Å². The van der Waals surface area contributed by atoms with Crippen molar-refractivity contribution in [2.45, 2.75) is 30.2 Å². The lowest BCUT2D eigenvalue weighted by Gasteiger charge is -2.13. The molecule has 2 aromatic heterocycles. The van der Waals surface area contributed by atoms with Gasteiger partial charge in [0.1, 0.15) is 11.4 Å². The molecule has 2 heterocycles. The molecule has 1 N–H and O–H groups in total. The van der Waals surface area contributed by atoms with E-state index >= 15 is 0 Å². The molecule has 0 radical (unpaired) electrons. The number of fused-ring (bicyclic) bond motifs is 1. The molecule has 15 heavy (non-hydrogen) atoms. The van der Waals surface area contributed by atoms with Crippen LogP contribution >= 0.6 is 11.8 Å². The molecule has 6 heteroatoms. The van der Waals surface area contributed by atoms with Crippen molar-refractivity contribution in [1.82, 2.24) is 19.6 Å². The molecule has 80 valence electrons. The minimum atomic E-state index is -0.375. The summed E-state index contributed by atoms with van der Waals surface area (Å²) in [6, 6.07) is 0. The van der Waals surface area contributed by atoms with Crippen molar-refractivity contribution in [2.24, 2.45) is 0 Å². The molecule has 0 saturated heterocycles. The van der Waals surface area contributed by atoms with Crippen molar-refractivity contribution in [2.75, 3.05) is 0 Å². The second-order valence-electron chi connectivity index (χ2n) is 3.36. The minimum Gasteiger partial charge on any atom is -0.392 e. The van der Waals surface area contributed by atoms with Crippen LogP contribution in [0.5, 0.6) is 0 Å². The van der Waals surface area contributed by atoms with E-state index in [9.17, 15) is 5.11 Å². The van der Waals surface area contributed by atoms with Crippen LogP contribution < -0.4 is 0 Å². The number of thioether (sulfide) groups is 1. The number of nitrogens with zero attached hydrogens (tertiary/aromatic N) is 4. The molecule has 0 aliphatic heterocycles. The molecule has 0 aromatic carbocycles. The molecule has 0 aliphatic rings. The number of aromatic nitrogens is 4. The van der Waals surface area contributed by atoms with Gasteiger partial charge in [-0.25, -0.2) is 4.98 Å². The lowest BCUT2D eigenvalue weighted by Crippen LogP contribution is -2.15. The molecule has 2 atom stereocenters. The van der Waals surface area contributed by atoms with Crippen LogP contribution in [-0.4, -0.2) is 36.0 Å². The van der Waals surface area contributed by atoms with Gasteiger partial charge in [0.15, 0.2) is 5.65 Å². The summed E-state index contributed by atoms with van der Waals surface area (Å²) in [6.45, 7) is 3.72. The van der Waals surface area contributed by atoms with E-state index in [1.165, 1.54) is 11.8 Å². The predicted octanol–water partition coefficient (Wildman–Crippen LogP) is 0.986. The summed E-state index contributed by atoms with van der Waals surface area (Å²) in [6.07, 6.45) is 4.76. The summed E-state index contributed by atoms with van der Waals surface area (Å²) in [7, 11) is 0. The Bertz CT molecular complexity index is 456. The summed E-state index contributed by atoms with van der Waals surface area (Å²) >= 11 is 1.50. The van der Waals surface area contributed by atoms with Crippen molar-refractivity contribution >= 4 is 17.4 Å². The Hall–Kier alpha value is -1.14. The van der Waals surface area contributed by atoms with Gasteiger partial charge in [0, 0.05) is 17.6 Å². The van der Waals surface area contributed by atoms with Crippen molar-refractivity contribution in [3.63, 3.8) is 0 Å². The summed E-state index contributed by atoms with van der Waals surface area (Å²) in [4.78, 5) is 4.23. The van der Waals surface area contributed by atoms with Gasteiger partial charge in [-0.1, -0.05) is 18.7 Å². The molecule has 2 aromatic rings. The van der Waals surface area contributed by atoms with Crippen LogP contribution in [0, 0.1) is 0 Å². The summed E-state index contributed by atoms with van der Waals surface area (Å²) < 4.78 is 1.81. The summed E-state index contributed by atoms with van der Waals surface area (Å²) in [5.74, 6) is 0. The zero-order chi connectivity index (χ0) is 10.8. The van der Waals surface area contributed by atoms with E-state index in [0.717, 1.165) is 10.7 Å². The molecular weight excluding hydrogens is 212 g/mol. The first kappa shape index (κ1) is 10.4. The molecule has 0 bridgehead atoms. The van der Waals surface area contributed by atoms with Crippen molar-refractivity contribution in [3.8, 4) is 0 Å². The number of aliphatic hydroxyl groups excluding tert-OH is 1. The Morgan fingerprint density at radius 3 is 3.00 bits per heavy atom. The summed E-state index contributed by atoms with van der Waals surface area (Å²) in [5.41, 5.74) is 0.731. The van der Waals surface area contributed by atoms with Gasteiger partial charge in [-0.3, -0.25) is 4.40 Å². The molecule has 2 rings (SSSR count). The molecule has 2 unspecified atom stereocenters. The summed E-state index contributed by atoms with van der Waals surface area (Å²) in [5, 5.41) is 18.1. The smallest absolute Gasteiger partial charge is 0.193 e. The van der Waals surface area contributed by atoms with Crippen LogP contribution in [0.25, 0.3) is 5.65 Å². The fourth-order valence-electron chi connectivity index (χ4n) is 1.09. The van der Waals surface area contributed by atoms with E-state index in [4.69, 9.17) is 0 Å². The van der Waals surface area contributed by atoms with Gasteiger partial charge in [0.25, 0.3) is 0 Å². The van der Waals surface area contributed by atoms with Crippen molar-refractivity contribution < 1.29 is 5.11 Å². The molecule has 5 nitrogen and oxygen atoms in total. The third-order valence-electron chi connectivity index (χ3n) is 2.16. The van der Waals surface area contributed by atoms with E-state index in [0.29, 0.717) is 0 Å². The van der Waals surface area contributed by atoms with Crippen molar-refractivity contribution in [1.29, 1.82) is 0 Å². The van der Waals surface area contributed by atoms with E-state index in [-0.39, 0.29) is 11.4 Å². The predicted molar refractivity (Wildman–Crippen MR) is 57.8 cm³/mol. The molecule has 0 fully saturated rings. The van der Waals surface area contributed by atoms with E-state index in [1.54, 1.807) is 25.6 Å². The highest BCUT2D eigenvalue weighted by Crippen LogP contribution is 2.25. The fourth-order valence-corrected chi connectivity index (χ4v) is 2.02. The van der Waals surface area contributed by atoms with E-state index in [1.807, 2.05) is 11.3 Å². The van der Waals surface area contributed by atoms with Gasteiger partial charge in [0.05, 0.1) is 6.10 Å². The van der Waals surface area contributed by atoms with Crippen LogP contribution in [0.1, 0.15) is 13.8 Å². The van der Waals surface area contributed by atoms with Gasteiger partial charge >= 0.3 is 0 Å². The highest BCUT2D eigenvalue weighted by molar-refractivity contribution is 8.00. The van der Waals surface area contributed by atoms with Crippen LogP contribution in [0.2, 0.25) is 0 Å². The van der Waals surface area contributed by atoms with Gasteiger partial charge in [-0.2, -0.15) is 0 Å². The standard InChI is InChI=1S/C9H12N4OS/c1-6(14)7(2)15-9-8-12-11-5-13(8)4-3-10-9/h3-7,14H,1-2H3. The monoisotopic (exact) mass is 224 g/mol. The number of rotatable bonds is 3. The second kappa shape index (κ2) is 4.16. The largest absolute Gasteiger partial charge is 0.392 e. The van der Waals surface area contributed by atoms with E-state index < -0.39 is 0 Å². The fraction of sp³-hybridized carbons (Fsp3) is 0.444. The average Bonchev–Trinajstić information content (AvgIpc) is 2.66. The minimum absolute atomic E-state index is 0.0837. The zero-order valence-electron chi connectivity index (χ0n) is 8.53. The van der Waals surface area contributed by atoms with Crippen LogP contribution in [0.15, 0.2) is 23.7 Å². The zero-order valence-corrected chi connectivity index (χ0v) is 9.35. The van der Waals surface area contributed by atoms with E-state index in [2.05, 4.69) is 15.2 Å². The number of hydrogen-bond acceptors (Lipinski definition) is 5. The number of hydrogen-bond donors (Lipinski definition) is 1. The molecule has 0 amide bonds. The maximum Gasteiger partial charge on any atom is 0.193 e. The maximum absolute atomic E-state index is 9.41. The Morgan fingerprint density at radius 1 is 1.47 bits per heavy atom. The van der Waals surface area contributed by atoms with Gasteiger partial charge in [0.2, 0.25) is 0 Å². The maximum atomic E-state index is 9.41. The Morgan fingerprint density at radius 2 is 2.27 bits per heavy atom. The second-order valence-corrected chi connectivity index (χ2v) is 4.72. The topological polar surface area (TPSA) is 63.3 Å². The quantitative estimate of drug-likeness (QED) is 0.787. The first-order valence-electron chi connectivity index (χ1n) is 4.67. The normalized spacial score (nSPS) is 15.4. The molecule has 0 spiro atoms. The van der Waals surface area contributed by atoms with Crippen LogP contribution in [0.3, 0.4) is 0 Å². The highest BCUT2D eigenvalue weighted by Gasteiger charge is 2.14. The SMILES string of the molecule is CC(O)C(C)Sc1nccn2cnnc12. The lowest BCUT2D eigenvalue weighted by atomic mass is 10.3. The first-order valence-corrected chi connectivity index (χ1v) is 5.55. The van der Waals surface area contributed by atoms with Crippen molar-refractivity contribution in [3.05, 3.63) is 18.7 Å². The third kappa shape index (κ3) is 2.10. The average molecular weight is 224 g/mol. The highest BCUT2D eigenvalue weighted by atomic mass is 32.2. The lowest BCUT2D eigenvalue weighted by molar-refractivity contribution is 0.196. The Balaban J connectivity index is 2.31. The number of aliphatic hydroxyl groups is 1. The van der Waals surface area contributed by atoms with Gasteiger partial charge in [-0.15, -0.1) is 10.2 Å². The molecule has 0 aliphatic carbocycles. The van der Waals surface area contributed by atoms with Gasteiger partial charge in [-0.05, 0) is 6.92 Å². The molecule has 0 saturated carbocycles. The molecular formula is C9H12N4OS. The van der Waals surface area contributed by atoms with Gasteiger partial charge < -0.3 is 5.11 Å². The van der Waals surface area contributed by atoms with Crippen LogP contribution in [0.4, 0.5) is 0 Å². The third-order valence-corrected chi connectivity index (χ3v) is 3.44. The Kier molecular flexibility index (Phi) is 2.88. The Labute approximate surface area is 91.6 Å².